The van der Waals surface area contributed by atoms with Gasteiger partial charge in [-0.1, -0.05) is 12.1 Å². The average Bonchev–Trinajstić information content (AvgIpc) is 3.54. The van der Waals surface area contributed by atoms with Crippen molar-refractivity contribution in [1.82, 2.24) is 4.90 Å². The highest BCUT2D eigenvalue weighted by molar-refractivity contribution is 5.96. The molecule has 0 aromatic heterocycles. The monoisotopic (exact) mass is 355 g/mol. The Morgan fingerprint density at radius 2 is 1.54 bits per heavy atom. The number of piperidine rings is 2. The van der Waals surface area contributed by atoms with Crippen molar-refractivity contribution in [3.63, 3.8) is 0 Å². The van der Waals surface area contributed by atoms with Gasteiger partial charge in [-0.3, -0.25) is 9.59 Å². The van der Waals surface area contributed by atoms with Crippen LogP contribution in [0.1, 0.15) is 44.9 Å². The van der Waals surface area contributed by atoms with E-state index in [1.807, 2.05) is 23.1 Å². The van der Waals surface area contributed by atoms with Crippen molar-refractivity contribution in [3.8, 4) is 0 Å². The zero-order valence-corrected chi connectivity index (χ0v) is 15.5. The first-order valence-corrected chi connectivity index (χ1v) is 10.2. The van der Waals surface area contributed by atoms with Crippen molar-refractivity contribution in [2.24, 2.45) is 11.8 Å². The number of hydrogen-bond acceptors (Lipinski definition) is 3. The number of rotatable bonds is 4. The first kappa shape index (κ1) is 17.4. The van der Waals surface area contributed by atoms with E-state index in [-0.39, 0.29) is 17.7 Å². The second-order valence-electron chi connectivity index (χ2n) is 7.93. The Hall–Kier alpha value is -2.04. The largest absolute Gasteiger partial charge is 0.370 e. The maximum absolute atomic E-state index is 12.8. The molecule has 5 heteroatoms. The minimum absolute atomic E-state index is 0.00710. The minimum atomic E-state index is 0.00710. The smallest absolute Gasteiger partial charge is 0.227 e. The maximum atomic E-state index is 12.8. The van der Waals surface area contributed by atoms with Gasteiger partial charge in [0.25, 0.3) is 0 Å². The number of para-hydroxylation sites is 2. The van der Waals surface area contributed by atoms with Crippen LogP contribution in [0.15, 0.2) is 24.3 Å². The molecule has 0 atom stereocenters. The Balaban J connectivity index is 1.35. The fourth-order valence-electron chi connectivity index (χ4n) is 4.18. The molecule has 1 N–H and O–H groups in total. The number of nitrogens with one attached hydrogen (secondary N) is 1. The van der Waals surface area contributed by atoms with Crippen LogP contribution in [-0.4, -0.2) is 42.9 Å². The molecule has 140 valence electrons. The van der Waals surface area contributed by atoms with E-state index in [1.165, 1.54) is 19.3 Å². The van der Waals surface area contributed by atoms with Crippen molar-refractivity contribution in [3.05, 3.63) is 24.3 Å². The van der Waals surface area contributed by atoms with Gasteiger partial charge < -0.3 is 15.1 Å². The van der Waals surface area contributed by atoms with Gasteiger partial charge in [-0.2, -0.15) is 0 Å². The van der Waals surface area contributed by atoms with Gasteiger partial charge in [-0.25, -0.2) is 0 Å². The standard InChI is InChI=1S/C21H29N3O2/c25-20(16-10-14-24(15-11-16)21(26)17-8-9-17)22-18-6-2-3-7-19(18)23-12-4-1-5-13-23/h2-3,6-7,16-17H,1,4-5,8-15H2,(H,22,25). The first-order valence-electron chi connectivity index (χ1n) is 10.2. The summed E-state index contributed by atoms with van der Waals surface area (Å²) in [7, 11) is 0. The van der Waals surface area contributed by atoms with E-state index in [0.29, 0.717) is 5.91 Å². The molecule has 3 aliphatic rings. The highest BCUT2D eigenvalue weighted by Crippen LogP contribution is 2.33. The highest BCUT2D eigenvalue weighted by atomic mass is 16.2. The molecule has 0 spiro atoms. The lowest BCUT2D eigenvalue weighted by atomic mass is 9.95. The van der Waals surface area contributed by atoms with Crippen LogP contribution in [0.4, 0.5) is 11.4 Å². The van der Waals surface area contributed by atoms with E-state index in [1.54, 1.807) is 0 Å². The summed E-state index contributed by atoms with van der Waals surface area (Å²) in [6.07, 6.45) is 7.38. The van der Waals surface area contributed by atoms with Crippen molar-refractivity contribution in [2.75, 3.05) is 36.4 Å². The third-order valence-corrected chi connectivity index (χ3v) is 5.96. The summed E-state index contributed by atoms with van der Waals surface area (Å²) >= 11 is 0. The molecule has 2 heterocycles. The summed E-state index contributed by atoms with van der Waals surface area (Å²) in [4.78, 5) is 29.3. The van der Waals surface area contributed by atoms with Gasteiger partial charge in [0.05, 0.1) is 11.4 Å². The van der Waals surface area contributed by atoms with Crippen molar-refractivity contribution in [1.29, 1.82) is 0 Å². The molecule has 0 bridgehead atoms. The predicted octanol–water partition coefficient (Wildman–Crippen LogP) is 3.26. The Labute approximate surface area is 155 Å². The Morgan fingerprint density at radius 1 is 0.846 bits per heavy atom. The van der Waals surface area contributed by atoms with Crippen LogP contribution in [0, 0.1) is 11.8 Å². The van der Waals surface area contributed by atoms with Crippen LogP contribution in [0.25, 0.3) is 0 Å². The number of carbonyl (C=O) groups excluding carboxylic acids is 2. The molecule has 2 amide bonds. The second kappa shape index (κ2) is 7.68. The van der Waals surface area contributed by atoms with Crippen LogP contribution in [0.2, 0.25) is 0 Å². The van der Waals surface area contributed by atoms with Gasteiger partial charge in [0.2, 0.25) is 11.8 Å². The topological polar surface area (TPSA) is 52.7 Å². The molecule has 1 aromatic carbocycles. The maximum Gasteiger partial charge on any atom is 0.227 e. The van der Waals surface area contributed by atoms with E-state index >= 15 is 0 Å². The average molecular weight is 355 g/mol. The highest BCUT2D eigenvalue weighted by Gasteiger charge is 2.36. The van der Waals surface area contributed by atoms with Crippen molar-refractivity contribution in [2.45, 2.75) is 44.9 Å². The molecule has 1 saturated carbocycles. The van der Waals surface area contributed by atoms with Crippen LogP contribution in [0.3, 0.4) is 0 Å². The summed E-state index contributed by atoms with van der Waals surface area (Å²) in [5.74, 6) is 0.691. The molecule has 2 aliphatic heterocycles. The van der Waals surface area contributed by atoms with Gasteiger partial charge in [-0.05, 0) is 57.1 Å². The Morgan fingerprint density at radius 3 is 2.23 bits per heavy atom. The molecule has 3 fully saturated rings. The zero-order chi connectivity index (χ0) is 17.9. The van der Waals surface area contributed by atoms with Crippen molar-refractivity contribution >= 4 is 23.2 Å². The third-order valence-electron chi connectivity index (χ3n) is 5.96. The summed E-state index contributed by atoms with van der Waals surface area (Å²) in [5.41, 5.74) is 2.07. The van der Waals surface area contributed by atoms with E-state index in [0.717, 1.165) is 63.2 Å². The SMILES string of the molecule is O=C(Nc1ccccc1N1CCCCC1)C1CCN(C(=O)C2CC2)CC1. The molecule has 4 rings (SSSR count). The number of likely N-dealkylation sites (tertiary alicyclic amines) is 1. The fraction of sp³-hybridized carbons (Fsp3) is 0.619. The van der Waals surface area contributed by atoms with E-state index in [4.69, 9.17) is 0 Å². The molecular weight excluding hydrogens is 326 g/mol. The molecular formula is C21H29N3O2. The van der Waals surface area contributed by atoms with Gasteiger partial charge >= 0.3 is 0 Å². The fourth-order valence-corrected chi connectivity index (χ4v) is 4.18. The van der Waals surface area contributed by atoms with E-state index in [2.05, 4.69) is 16.3 Å². The lowest BCUT2D eigenvalue weighted by molar-refractivity contribution is -0.135. The molecule has 1 aromatic rings. The zero-order valence-electron chi connectivity index (χ0n) is 15.5. The molecule has 5 nitrogen and oxygen atoms in total. The van der Waals surface area contributed by atoms with Gasteiger partial charge in [-0.15, -0.1) is 0 Å². The Bertz CT molecular complexity index is 657. The lowest BCUT2D eigenvalue weighted by Crippen LogP contribution is -2.42. The van der Waals surface area contributed by atoms with E-state index in [9.17, 15) is 9.59 Å². The minimum Gasteiger partial charge on any atom is -0.370 e. The van der Waals surface area contributed by atoms with Crippen LogP contribution < -0.4 is 10.2 Å². The van der Waals surface area contributed by atoms with E-state index < -0.39 is 0 Å². The predicted molar refractivity (Wildman–Crippen MR) is 103 cm³/mol. The Kier molecular flexibility index (Phi) is 5.14. The van der Waals surface area contributed by atoms with Gasteiger partial charge in [0, 0.05) is 38.0 Å². The summed E-state index contributed by atoms with van der Waals surface area (Å²) in [6, 6.07) is 8.15. The van der Waals surface area contributed by atoms with Gasteiger partial charge in [0.1, 0.15) is 0 Å². The number of carbonyl (C=O) groups is 2. The second-order valence-corrected chi connectivity index (χ2v) is 7.93. The van der Waals surface area contributed by atoms with Crippen LogP contribution in [0.5, 0.6) is 0 Å². The normalized spacial score (nSPS) is 21.5. The van der Waals surface area contributed by atoms with Gasteiger partial charge in [0.15, 0.2) is 0 Å². The number of benzene rings is 1. The number of anilines is 2. The molecule has 0 unspecified atom stereocenters. The summed E-state index contributed by atoms with van der Waals surface area (Å²) in [6.45, 7) is 3.57. The number of nitrogens with zero attached hydrogens (tertiary/aromatic N) is 2. The third kappa shape index (κ3) is 3.87. The number of hydrogen-bond donors (Lipinski definition) is 1. The quantitative estimate of drug-likeness (QED) is 0.902. The van der Waals surface area contributed by atoms with Crippen molar-refractivity contribution < 1.29 is 9.59 Å². The van der Waals surface area contributed by atoms with Crippen LogP contribution >= 0.6 is 0 Å². The molecule has 2 saturated heterocycles. The molecule has 26 heavy (non-hydrogen) atoms. The summed E-state index contributed by atoms with van der Waals surface area (Å²) in [5, 5.41) is 3.17. The lowest BCUT2D eigenvalue weighted by Gasteiger charge is -2.33. The summed E-state index contributed by atoms with van der Waals surface area (Å²) < 4.78 is 0. The number of amides is 2. The van der Waals surface area contributed by atoms with Crippen LogP contribution in [-0.2, 0) is 9.59 Å². The first-order chi connectivity index (χ1) is 12.7. The molecule has 1 aliphatic carbocycles. The molecule has 0 radical (unpaired) electrons.